The van der Waals surface area contributed by atoms with Crippen molar-refractivity contribution in [1.29, 1.82) is 0 Å². The van der Waals surface area contributed by atoms with Gasteiger partial charge in [-0.25, -0.2) is 4.79 Å². The first-order valence-electron chi connectivity index (χ1n) is 6.28. The van der Waals surface area contributed by atoms with E-state index in [-0.39, 0.29) is 12.1 Å². The van der Waals surface area contributed by atoms with Crippen molar-refractivity contribution in [2.45, 2.75) is 38.1 Å². The molecule has 0 unspecified atom stereocenters. The maximum Gasteiger partial charge on any atom is 0.319 e. The minimum atomic E-state index is -0.257. The van der Waals surface area contributed by atoms with Crippen LogP contribution in [0, 0.1) is 0 Å². The predicted molar refractivity (Wildman–Crippen MR) is 80.5 cm³/mol. The van der Waals surface area contributed by atoms with E-state index < -0.39 is 0 Å². The zero-order valence-corrected chi connectivity index (χ0v) is 12.6. The number of halogens is 3. The lowest BCUT2D eigenvalue weighted by Gasteiger charge is -2.23. The van der Waals surface area contributed by atoms with Crippen LogP contribution in [0.5, 0.6) is 0 Å². The SMILES string of the molecule is O=C(Nc1cc(Cl)c(Cl)cc1Cl)NC1CCCCC1. The highest BCUT2D eigenvalue weighted by Gasteiger charge is 2.16. The average Bonchev–Trinajstić information content (AvgIpc) is 2.37. The molecule has 6 heteroatoms. The fourth-order valence-electron chi connectivity index (χ4n) is 2.21. The quantitative estimate of drug-likeness (QED) is 0.731. The summed E-state index contributed by atoms with van der Waals surface area (Å²) in [7, 11) is 0. The first-order valence-corrected chi connectivity index (χ1v) is 7.41. The predicted octanol–water partition coefficient (Wildman–Crippen LogP) is 5.10. The molecule has 0 radical (unpaired) electrons. The number of amides is 2. The molecule has 3 nitrogen and oxygen atoms in total. The molecule has 1 fully saturated rings. The Balaban J connectivity index is 1.96. The molecule has 2 rings (SSSR count). The third kappa shape index (κ3) is 4.16. The maximum absolute atomic E-state index is 11.9. The molecule has 0 atom stereocenters. The molecule has 1 aromatic carbocycles. The minimum Gasteiger partial charge on any atom is -0.335 e. The van der Waals surface area contributed by atoms with Crippen LogP contribution in [0.3, 0.4) is 0 Å². The Labute approximate surface area is 127 Å². The van der Waals surface area contributed by atoms with Gasteiger partial charge in [0.15, 0.2) is 0 Å². The Hall–Kier alpha value is -0.640. The monoisotopic (exact) mass is 320 g/mol. The van der Waals surface area contributed by atoms with Gasteiger partial charge in [0.25, 0.3) is 0 Å². The lowest BCUT2D eigenvalue weighted by Crippen LogP contribution is -2.39. The van der Waals surface area contributed by atoms with Gasteiger partial charge in [-0.15, -0.1) is 0 Å². The van der Waals surface area contributed by atoms with E-state index in [4.69, 9.17) is 34.8 Å². The Morgan fingerprint density at radius 1 is 1.00 bits per heavy atom. The van der Waals surface area contributed by atoms with Crippen LogP contribution in [0.4, 0.5) is 10.5 Å². The van der Waals surface area contributed by atoms with Crippen LogP contribution in [0.2, 0.25) is 15.1 Å². The molecule has 1 saturated carbocycles. The van der Waals surface area contributed by atoms with E-state index in [9.17, 15) is 4.79 Å². The smallest absolute Gasteiger partial charge is 0.319 e. The van der Waals surface area contributed by atoms with Gasteiger partial charge in [-0.05, 0) is 25.0 Å². The maximum atomic E-state index is 11.9. The second kappa shape index (κ2) is 6.69. The van der Waals surface area contributed by atoms with E-state index >= 15 is 0 Å². The molecule has 2 N–H and O–H groups in total. The van der Waals surface area contributed by atoms with Gasteiger partial charge in [-0.3, -0.25) is 0 Å². The zero-order valence-electron chi connectivity index (χ0n) is 10.3. The van der Waals surface area contributed by atoms with Crippen LogP contribution in [0.25, 0.3) is 0 Å². The summed E-state index contributed by atoms with van der Waals surface area (Å²) in [5, 5.41) is 6.74. The first kappa shape index (κ1) is 14.8. The second-order valence-corrected chi connectivity index (χ2v) is 5.90. The first-order chi connectivity index (χ1) is 9.06. The van der Waals surface area contributed by atoms with Gasteiger partial charge < -0.3 is 10.6 Å². The number of nitrogens with one attached hydrogen (secondary N) is 2. The van der Waals surface area contributed by atoms with Crippen LogP contribution < -0.4 is 10.6 Å². The fourth-order valence-corrected chi connectivity index (χ4v) is 2.80. The van der Waals surface area contributed by atoms with Crippen LogP contribution in [0.1, 0.15) is 32.1 Å². The van der Waals surface area contributed by atoms with Gasteiger partial charge in [0.05, 0.1) is 20.8 Å². The molecule has 0 spiro atoms. The summed E-state index contributed by atoms with van der Waals surface area (Å²) < 4.78 is 0. The van der Waals surface area contributed by atoms with Crippen molar-refractivity contribution in [3.8, 4) is 0 Å². The Morgan fingerprint density at radius 3 is 2.32 bits per heavy atom. The van der Waals surface area contributed by atoms with E-state index in [2.05, 4.69) is 10.6 Å². The minimum absolute atomic E-state index is 0.246. The van der Waals surface area contributed by atoms with Gasteiger partial charge in [0.2, 0.25) is 0 Å². The summed E-state index contributed by atoms with van der Waals surface area (Å²) in [5.74, 6) is 0. The molecule has 1 aromatic rings. The molecule has 2 amide bonds. The molecule has 0 aliphatic heterocycles. The zero-order chi connectivity index (χ0) is 13.8. The topological polar surface area (TPSA) is 41.1 Å². The molecule has 1 aliphatic rings. The van der Waals surface area contributed by atoms with E-state index in [1.807, 2.05) is 0 Å². The summed E-state index contributed by atoms with van der Waals surface area (Å²) in [6.07, 6.45) is 5.64. The van der Waals surface area contributed by atoms with E-state index in [1.54, 1.807) is 6.07 Å². The fraction of sp³-hybridized carbons (Fsp3) is 0.462. The van der Waals surface area contributed by atoms with Crippen LogP contribution in [-0.4, -0.2) is 12.1 Å². The van der Waals surface area contributed by atoms with Crippen molar-refractivity contribution in [1.82, 2.24) is 5.32 Å². The Kier molecular flexibility index (Phi) is 5.20. The lowest BCUT2D eigenvalue weighted by atomic mass is 9.96. The van der Waals surface area contributed by atoms with Gasteiger partial charge in [-0.2, -0.15) is 0 Å². The molecular formula is C13H15Cl3N2O. The lowest BCUT2D eigenvalue weighted by molar-refractivity contribution is 0.244. The Morgan fingerprint density at radius 2 is 1.63 bits per heavy atom. The number of rotatable bonds is 2. The number of benzene rings is 1. The van der Waals surface area contributed by atoms with Crippen molar-refractivity contribution in [3.63, 3.8) is 0 Å². The van der Waals surface area contributed by atoms with Crippen LogP contribution >= 0.6 is 34.8 Å². The van der Waals surface area contributed by atoms with Gasteiger partial charge in [-0.1, -0.05) is 54.1 Å². The van der Waals surface area contributed by atoms with Crippen molar-refractivity contribution in [3.05, 3.63) is 27.2 Å². The van der Waals surface area contributed by atoms with Gasteiger partial charge in [0, 0.05) is 6.04 Å². The van der Waals surface area contributed by atoms with Crippen molar-refractivity contribution in [2.75, 3.05) is 5.32 Å². The number of carbonyl (C=O) groups excluding carboxylic acids is 1. The normalized spacial score (nSPS) is 16.2. The largest absolute Gasteiger partial charge is 0.335 e. The summed E-state index contributed by atoms with van der Waals surface area (Å²) in [5.41, 5.74) is 0.462. The molecular weight excluding hydrogens is 307 g/mol. The second-order valence-electron chi connectivity index (χ2n) is 4.68. The number of urea groups is 1. The van der Waals surface area contributed by atoms with Crippen molar-refractivity contribution < 1.29 is 4.79 Å². The third-order valence-electron chi connectivity index (χ3n) is 3.20. The van der Waals surface area contributed by atoms with Gasteiger partial charge in [0.1, 0.15) is 0 Å². The highest BCUT2D eigenvalue weighted by atomic mass is 35.5. The summed E-state index contributed by atoms with van der Waals surface area (Å²) >= 11 is 17.7. The van der Waals surface area contributed by atoms with Crippen molar-refractivity contribution >= 4 is 46.5 Å². The third-order valence-corrected chi connectivity index (χ3v) is 4.23. The molecule has 104 valence electrons. The number of hydrogen-bond donors (Lipinski definition) is 2. The van der Waals surface area contributed by atoms with Crippen molar-refractivity contribution in [2.24, 2.45) is 0 Å². The molecule has 0 saturated heterocycles. The standard InChI is InChI=1S/C13H15Cl3N2O/c14-9-6-11(16)12(7-10(9)15)18-13(19)17-8-4-2-1-3-5-8/h6-8H,1-5H2,(H2,17,18,19). The Bertz CT molecular complexity index is 473. The van der Waals surface area contributed by atoms with Crippen LogP contribution in [0.15, 0.2) is 12.1 Å². The molecule has 1 aliphatic carbocycles. The highest BCUT2D eigenvalue weighted by Crippen LogP contribution is 2.32. The molecule has 19 heavy (non-hydrogen) atoms. The van der Waals surface area contributed by atoms with E-state index in [0.29, 0.717) is 20.8 Å². The van der Waals surface area contributed by atoms with Gasteiger partial charge >= 0.3 is 6.03 Å². The number of anilines is 1. The molecule has 0 bridgehead atoms. The van der Waals surface area contributed by atoms with E-state index in [1.165, 1.54) is 25.3 Å². The highest BCUT2D eigenvalue weighted by molar-refractivity contribution is 6.44. The van der Waals surface area contributed by atoms with Crippen LogP contribution in [-0.2, 0) is 0 Å². The number of carbonyl (C=O) groups is 1. The summed E-state index contributed by atoms with van der Waals surface area (Å²) in [6.45, 7) is 0. The summed E-state index contributed by atoms with van der Waals surface area (Å²) in [4.78, 5) is 11.9. The molecule has 0 heterocycles. The summed E-state index contributed by atoms with van der Waals surface area (Å²) in [6, 6.07) is 3.05. The number of hydrogen-bond acceptors (Lipinski definition) is 1. The average molecular weight is 322 g/mol. The molecule has 0 aromatic heterocycles. The van der Waals surface area contributed by atoms with E-state index in [0.717, 1.165) is 12.8 Å².